The van der Waals surface area contributed by atoms with Crippen LogP contribution in [-0.4, -0.2) is 52.1 Å². The smallest absolute Gasteiger partial charge is 0.247 e. The summed E-state index contributed by atoms with van der Waals surface area (Å²) in [7, 11) is 0. The van der Waals surface area contributed by atoms with Gasteiger partial charge in [-0.1, -0.05) is 46.3 Å². The first-order valence-electron chi connectivity index (χ1n) is 9.71. The van der Waals surface area contributed by atoms with Gasteiger partial charge in [0.1, 0.15) is 0 Å². The first-order valence-corrected chi connectivity index (χ1v) is 10.5. The number of benzene rings is 2. The normalized spacial score (nSPS) is 14.9. The molecule has 1 aliphatic heterocycles. The maximum Gasteiger partial charge on any atom is 0.247 e. The summed E-state index contributed by atoms with van der Waals surface area (Å²) >= 11 is 3.46. The maximum absolute atomic E-state index is 12.6. The third-order valence-corrected chi connectivity index (χ3v) is 5.72. The number of carbonyl (C=O) groups excluding carboxylic acids is 1. The second-order valence-electron chi connectivity index (χ2n) is 7.27. The lowest BCUT2D eigenvalue weighted by molar-refractivity contribution is -0.132. The van der Waals surface area contributed by atoms with Gasteiger partial charge in [0.2, 0.25) is 17.7 Å². The Morgan fingerprint density at radius 1 is 1.07 bits per heavy atom. The van der Waals surface area contributed by atoms with E-state index in [-0.39, 0.29) is 5.91 Å². The van der Waals surface area contributed by atoms with Gasteiger partial charge >= 0.3 is 0 Å². The van der Waals surface area contributed by atoms with Crippen LogP contribution in [0.1, 0.15) is 17.0 Å². The van der Waals surface area contributed by atoms with Crippen molar-refractivity contribution in [1.29, 1.82) is 0 Å². The van der Waals surface area contributed by atoms with Crippen LogP contribution >= 0.6 is 15.9 Å². The molecule has 0 radical (unpaired) electrons. The molecule has 6 nitrogen and oxygen atoms in total. The lowest BCUT2D eigenvalue weighted by Gasteiger charge is -2.34. The zero-order valence-electron chi connectivity index (χ0n) is 16.3. The minimum atomic E-state index is 0.189. The van der Waals surface area contributed by atoms with Crippen molar-refractivity contribution in [3.8, 4) is 11.5 Å². The number of hydrogen-bond donors (Lipinski definition) is 0. The summed E-state index contributed by atoms with van der Waals surface area (Å²) in [5, 5.41) is 8.34. The van der Waals surface area contributed by atoms with Crippen molar-refractivity contribution < 1.29 is 9.21 Å². The molecule has 0 N–H and O–H groups in total. The van der Waals surface area contributed by atoms with E-state index in [2.05, 4.69) is 31.0 Å². The predicted octanol–water partition coefficient (Wildman–Crippen LogP) is 3.69. The number of rotatable bonds is 5. The van der Waals surface area contributed by atoms with Crippen LogP contribution in [0.5, 0.6) is 0 Å². The minimum absolute atomic E-state index is 0.189. The highest BCUT2D eigenvalue weighted by Crippen LogP contribution is 2.22. The van der Waals surface area contributed by atoms with Gasteiger partial charge in [0.15, 0.2) is 0 Å². The van der Waals surface area contributed by atoms with Gasteiger partial charge in [-0.15, -0.1) is 10.2 Å². The molecule has 150 valence electrons. The van der Waals surface area contributed by atoms with Crippen LogP contribution in [0.25, 0.3) is 11.5 Å². The van der Waals surface area contributed by atoms with Crippen LogP contribution < -0.4 is 0 Å². The lowest BCUT2D eigenvalue weighted by atomic mass is 10.1. The summed E-state index contributed by atoms with van der Waals surface area (Å²) in [6, 6.07) is 15.9. The van der Waals surface area contributed by atoms with Crippen LogP contribution in [0.3, 0.4) is 0 Å². The zero-order chi connectivity index (χ0) is 20.2. The number of aryl methyl sites for hydroxylation is 1. The van der Waals surface area contributed by atoms with Gasteiger partial charge in [-0.3, -0.25) is 9.69 Å². The van der Waals surface area contributed by atoms with Gasteiger partial charge in [0, 0.05) is 36.2 Å². The summed E-state index contributed by atoms with van der Waals surface area (Å²) in [5.41, 5.74) is 3.16. The predicted molar refractivity (Wildman–Crippen MR) is 114 cm³/mol. The minimum Gasteiger partial charge on any atom is -0.419 e. The van der Waals surface area contributed by atoms with Gasteiger partial charge in [-0.2, -0.15) is 0 Å². The average Bonchev–Trinajstić information content (AvgIpc) is 3.19. The van der Waals surface area contributed by atoms with Crippen molar-refractivity contribution >= 4 is 21.8 Å². The second-order valence-corrected chi connectivity index (χ2v) is 8.19. The monoisotopic (exact) mass is 454 g/mol. The number of hydrogen-bond acceptors (Lipinski definition) is 5. The first kappa shape index (κ1) is 19.8. The molecule has 0 saturated carbocycles. The highest BCUT2D eigenvalue weighted by Gasteiger charge is 2.23. The number of aromatic nitrogens is 2. The molecule has 2 aromatic carbocycles. The van der Waals surface area contributed by atoms with Crippen molar-refractivity contribution in [3.63, 3.8) is 0 Å². The number of amides is 1. The fourth-order valence-corrected chi connectivity index (χ4v) is 3.88. The van der Waals surface area contributed by atoms with Crippen LogP contribution in [-0.2, 0) is 17.8 Å². The summed E-state index contributed by atoms with van der Waals surface area (Å²) in [6.45, 7) is 5.69. The van der Waals surface area contributed by atoms with E-state index >= 15 is 0 Å². The number of piperazine rings is 1. The molecule has 1 amide bonds. The number of halogens is 1. The van der Waals surface area contributed by atoms with Gasteiger partial charge in [-0.25, -0.2) is 0 Å². The Kier molecular flexibility index (Phi) is 6.06. The molecule has 0 atom stereocenters. The molecule has 2 heterocycles. The summed E-state index contributed by atoms with van der Waals surface area (Å²) in [6.07, 6.45) is 0.465. The largest absolute Gasteiger partial charge is 0.419 e. The highest BCUT2D eigenvalue weighted by atomic mass is 79.9. The third kappa shape index (κ3) is 4.92. The van der Waals surface area contributed by atoms with E-state index in [1.54, 1.807) is 0 Å². The SMILES string of the molecule is Cc1ccccc1CC(=O)N1CCN(Cc2nnc(-c3cccc(Br)c3)o2)CC1. The molecule has 1 aromatic heterocycles. The van der Waals surface area contributed by atoms with Gasteiger partial charge in [0.25, 0.3) is 0 Å². The van der Waals surface area contributed by atoms with Crippen LogP contribution in [0.15, 0.2) is 57.4 Å². The maximum atomic E-state index is 12.6. The van der Waals surface area contributed by atoms with Crippen molar-refractivity contribution in [1.82, 2.24) is 20.0 Å². The second kappa shape index (κ2) is 8.88. The van der Waals surface area contributed by atoms with Crippen molar-refractivity contribution in [2.75, 3.05) is 26.2 Å². The quantitative estimate of drug-likeness (QED) is 0.587. The summed E-state index contributed by atoms with van der Waals surface area (Å²) in [4.78, 5) is 16.8. The molecule has 0 aliphatic carbocycles. The molecule has 7 heteroatoms. The van der Waals surface area contributed by atoms with Crippen LogP contribution in [0.2, 0.25) is 0 Å². The van der Waals surface area contributed by atoms with E-state index < -0.39 is 0 Å². The van der Waals surface area contributed by atoms with E-state index in [1.165, 1.54) is 0 Å². The average molecular weight is 455 g/mol. The molecular formula is C22H23BrN4O2. The molecule has 29 heavy (non-hydrogen) atoms. The molecule has 0 unspecified atom stereocenters. The van der Waals surface area contributed by atoms with E-state index in [0.29, 0.717) is 24.7 Å². The fourth-order valence-electron chi connectivity index (χ4n) is 3.49. The van der Waals surface area contributed by atoms with Crippen LogP contribution in [0.4, 0.5) is 0 Å². The molecule has 1 fully saturated rings. The Morgan fingerprint density at radius 3 is 2.62 bits per heavy atom. The molecule has 0 bridgehead atoms. The first-order chi connectivity index (χ1) is 14.1. The van der Waals surface area contributed by atoms with Gasteiger partial charge < -0.3 is 9.32 Å². The van der Waals surface area contributed by atoms with E-state index in [4.69, 9.17) is 4.42 Å². The topological polar surface area (TPSA) is 62.5 Å². The Labute approximate surface area is 178 Å². The molecule has 0 spiro atoms. The highest BCUT2D eigenvalue weighted by molar-refractivity contribution is 9.10. The van der Waals surface area contributed by atoms with Crippen molar-refractivity contribution in [2.24, 2.45) is 0 Å². The molecule has 4 rings (SSSR count). The van der Waals surface area contributed by atoms with Gasteiger partial charge in [-0.05, 0) is 36.2 Å². The molecular weight excluding hydrogens is 432 g/mol. The lowest BCUT2D eigenvalue weighted by Crippen LogP contribution is -2.48. The van der Waals surface area contributed by atoms with Crippen molar-refractivity contribution in [3.05, 3.63) is 70.0 Å². The Morgan fingerprint density at radius 2 is 1.86 bits per heavy atom. The van der Waals surface area contributed by atoms with E-state index in [1.807, 2.05) is 60.4 Å². The van der Waals surface area contributed by atoms with Crippen LogP contribution in [0, 0.1) is 6.92 Å². The standard InChI is InChI=1S/C22H23BrN4O2/c1-16-5-2-3-6-17(16)14-21(28)27-11-9-26(10-12-27)15-20-24-25-22(29-20)18-7-4-8-19(23)13-18/h2-8,13H,9-12,14-15H2,1H3. The van der Waals surface area contributed by atoms with E-state index in [9.17, 15) is 4.79 Å². The van der Waals surface area contributed by atoms with E-state index in [0.717, 1.165) is 47.3 Å². The fraction of sp³-hybridized carbons (Fsp3) is 0.318. The third-order valence-electron chi connectivity index (χ3n) is 5.23. The molecule has 1 aliphatic rings. The number of nitrogens with zero attached hydrogens (tertiary/aromatic N) is 4. The van der Waals surface area contributed by atoms with Gasteiger partial charge in [0.05, 0.1) is 13.0 Å². The molecule has 3 aromatic rings. The summed E-state index contributed by atoms with van der Waals surface area (Å²) < 4.78 is 6.80. The Balaban J connectivity index is 1.30. The zero-order valence-corrected chi connectivity index (χ0v) is 17.9. The van der Waals surface area contributed by atoms with Crippen molar-refractivity contribution in [2.45, 2.75) is 19.9 Å². The Hall–Kier alpha value is -2.51. The number of carbonyl (C=O) groups is 1. The summed E-state index contributed by atoms with van der Waals surface area (Å²) in [5.74, 6) is 1.31. The Bertz CT molecular complexity index is 996. The molecule has 1 saturated heterocycles.